The summed E-state index contributed by atoms with van der Waals surface area (Å²) in [7, 11) is 4.22. The number of alkyl halides is 3. The zero-order valence-corrected chi connectivity index (χ0v) is 22.4. The number of carbonyl (C=O) groups excluding carboxylic acids is 2. The summed E-state index contributed by atoms with van der Waals surface area (Å²) in [5.74, 6) is 1.22. The molecule has 1 saturated heterocycles. The number of halogens is 3. The predicted octanol–water partition coefficient (Wildman–Crippen LogP) is 4.67. The molecule has 2 unspecified atom stereocenters. The maximum atomic E-state index is 12.7. The second kappa shape index (κ2) is 11.3. The fourth-order valence-electron chi connectivity index (χ4n) is 4.06. The van der Waals surface area contributed by atoms with Crippen LogP contribution in [0.25, 0.3) is 0 Å². The number of hydrogen-bond donors (Lipinski definition) is 1. The molecule has 2 aromatic carbocycles. The summed E-state index contributed by atoms with van der Waals surface area (Å²) >= 11 is 16.8. The first-order chi connectivity index (χ1) is 17.7. The van der Waals surface area contributed by atoms with Gasteiger partial charge in [0, 0.05) is 12.1 Å². The molecule has 2 aliphatic rings. The lowest BCUT2D eigenvalue weighted by molar-refractivity contribution is 0.0594. The van der Waals surface area contributed by atoms with Crippen molar-refractivity contribution in [2.24, 2.45) is 0 Å². The minimum Gasteiger partial charge on any atom is -0.493 e. The van der Waals surface area contributed by atoms with Crippen molar-refractivity contribution in [3.63, 3.8) is 0 Å². The molecule has 2 aromatic rings. The van der Waals surface area contributed by atoms with E-state index in [0.717, 1.165) is 11.1 Å². The minimum atomic E-state index is -1.70. The number of benzene rings is 2. The van der Waals surface area contributed by atoms with Crippen molar-refractivity contribution in [3.05, 3.63) is 46.5 Å². The van der Waals surface area contributed by atoms with Gasteiger partial charge in [-0.1, -0.05) is 40.9 Å². The van der Waals surface area contributed by atoms with Gasteiger partial charge >= 0.3 is 12.1 Å². The average molecular weight is 577 g/mol. The Morgan fingerprint density at radius 2 is 1.73 bits per heavy atom. The van der Waals surface area contributed by atoms with Crippen LogP contribution in [0.4, 0.5) is 4.79 Å². The van der Waals surface area contributed by atoms with E-state index in [1.165, 1.54) is 21.3 Å². The Morgan fingerprint density at radius 3 is 2.38 bits per heavy atom. The average Bonchev–Trinajstić information content (AvgIpc) is 3.53. The molecule has 1 amide bonds. The van der Waals surface area contributed by atoms with E-state index in [2.05, 4.69) is 5.32 Å². The quantitative estimate of drug-likeness (QED) is 0.258. The van der Waals surface area contributed by atoms with Gasteiger partial charge in [-0.15, -0.1) is 0 Å². The summed E-state index contributed by atoms with van der Waals surface area (Å²) in [6.45, 7) is -0.0618. The Labute approximate surface area is 227 Å². The van der Waals surface area contributed by atoms with Gasteiger partial charge in [0.25, 0.3) is 0 Å². The first kappa shape index (κ1) is 27.3. The molecule has 0 saturated carbocycles. The molecule has 0 aromatic heterocycles. The Hall–Kier alpha value is -2.79. The molecular formula is C24H24Cl3NO9. The number of rotatable bonds is 9. The fraction of sp³-hybridized carbons (Fsp3) is 0.417. The van der Waals surface area contributed by atoms with Gasteiger partial charge in [0.05, 0.1) is 21.3 Å². The second-order valence-electron chi connectivity index (χ2n) is 8.01. The van der Waals surface area contributed by atoms with Crippen LogP contribution >= 0.6 is 34.8 Å². The largest absolute Gasteiger partial charge is 0.493 e. The molecule has 2 aliphatic heterocycles. The molecular weight excluding hydrogens is 553 g/mol. The van der Waals surface area contributed by atoms with Crippen LogP contribution in [0.15, 0.2) is 24.3 Å². The summed E-state index contributed by atoms with van der Waals surface area (Å²) in [5, 5.41) is 2.62. The van der Waals surface area contributed by atoms with Crippen molar-refractivity contribution < 1.29 is 42.7 Å². The van der Waals surface area contributed by atoms with Crippen LogP contribution < -0.4 is 24.3 Å². The highest BCUT2D eigenvalue weighted by atomic mass is 35.6. The van der Waals surface area contributed by atoms with E-state index >= 15 is 0 Å². The van der Waals surface area contributed by atoms with Crippen molar-refractivity contribution in [1.29, 1.82) is 0 Å². The Morgan fingerprint density at radius 1 is 1.03 bits per heavy atom. The number of esters is 1. The van der Waals surface area contributed by atoms with Gasteiger partial charge in [0.1, 0.15) is 24.4 Å². The molecule has 1 N–H and O–H groups in total. The van der Waals surface area contributed by atoms with Crippen LogP contribution in [-0.4, -0.2) is 57.1 Å². The van der Waals surface area contributed by atoms with Gasteiger partial charge in [-0.2, -0.15) is 0 Å². The Balaban J connectivity index is 1.56. The third-order valence-corrected chi connectivity index (χ3v) is 6.06. The number of amides is 1. The first-order valence-electron chi connectivity index (χ1n) is 11.0. The molecule has 0 aliphatic carbocycles. The highest BCUT2D eigenvalue weighted by Gasteiger charge is 2.46. The number of carbonyl (C=O) groups is 2. The maximum absolute atomic E-state index is 12.7. The number of ether oxygens (including phenoxy) is 7. The molecule has 10 nitrogen and oxygen atoms in total. The summed E-state index contributed by atoms with van der Waals surface area (Å²) in [6, 6.07) is 7.11. The molecule has 2 atom stereocenters. The van der Waals surface area contributed by atoms with E-state index in [9.17, 15) is 9.59 Å². The van der Waals surface area contributed by atoms with Gasteiger partial charge < -0.3 is 38.5 Å². The first-order valence-corrected chi connectivity index (χ1v) is 12.2. The number of epoxide rings is 1. The van der Waals surface area contributed by atoms with Crippen molar-refractivity contribution in [3.8, 4) is 23.0 Å². The van der Waals surface area contributed by atoms with Crippen LogP contribution in [0.1, 0.15) is 39.3 Å². The van der Waals surface area contributed by atoms with Crippen molar-refractivity contribution in [2.75, 3.05) is 41.3 Å². The highest BCUT2D eigenvalue weighted by molar-refractivity contribution is 6.67. The standard InChI is InChI=1S/C24H24Cl3NO9/c1-31-15-5-4-13(18(21(15)32-2)22(29)33-3)19-20(37-19)14-9-17-16(35-11-36-17)8-12(14)6-7-28-23(30)34-10-24(25,26)27/h4-5,8-9,19-20H,6-7,10-11H2,1-3H3,(H,28,30). The van der Waals surface area contributed by atoms with Crippen LogP contribution in [0.5, 0.6) is 23.0 Å². The van der Waals surface area contributed by atoms with Gasteiger partial charge in [-0.05, 0) is 35.7 Å². The van der Waals surface area contributed by atoms with E-state index in [1.54, 1.807) is 12.1 Å². The second-order valence-corrected chi connectivity index (χ2v) is 10.5. The zero-order valence-electron chi connectivity index (χ0n) is 20.1. The van der Waals surface area contributed by atoms with E-state index in [-0.39, 0.29) is 31.3 Å². The highest BCUT2D eigenvalue weighted by Crippen LogP contribution is 2.56. The third-order valence-electron chi connectivity index (χ3n) is 5.74. The van der Waals surface area contributed by atoms with E-state index in [0.29, 0.717) is 29.2 Å². The predicted molar refractivity (Wildman–Crippen MR) is 133 cm³/mol. The zero-order chi connectivity index (χ0) is 26.7. The van der Waals surface area contributed by atoms with E-state index < -0.39 is 28.1 Å². The molecule has 0 spiro atoms. The molecule has 200 valence electrons. The Bertz CT molecular complexity index is 1190. The number of alkyl carbamates (subject to hydrolysis) is 1. The molecule has 4 rings (SSSR count). The number of hydrogen-bond acceptors (Lipinski definition) is 9. The molecule has 0 bridgehead atoms. The molecule has 13 heteroatoms. The van der Waals surface area contributed by atoms with Gasteiger partial charge in [-0.25, -0.2) is 9.59 Å². The van der Waals surface area contributed by atoms with Crippen molar-refractivity contribution in [2.45, 2.75) is 22.4 Å². The third kappa shape index (κ3) is 6.20. The maximum Gasteiger partial charge on any atom is 0.407 e. The molecule has 37 heavy (non-hydrogen) atoms. The number of nitrogens with one attached hydrogen (secondary N) is 1. The number of methoxy groups -OCH3 is 3. The molecule has 1 fully saturated rings. The van der Waals surface area contributed by atoms with Crippen molar-refractivity contribution >= 4 is 46.9 Å². The van der Waals surface area contributed by atoms with Gasteiger partial charge in [0.2, 0.25) is 10.6 Å². The van der Waals surface area contributed by atoms with Crippen molar-refractivity contribution in [1.82, 2.24) is 5.32 Å². The van der Waals surface area contributed by atoms with Crippen LogP contribution in [0, 0.1) is 0 Å². The Kier molecular flexibility index (Phi) is 8.33. The molecule has 2 heterocycles. The minimum absolute atomic E-state index is 0.0942. The van der Waals surface area contributed by atoms with E-state index in [4.69, 9.17) is 68.0 Å². The lowest BCUT2D eigenvalue weighted by Gasteiger charge is -2.15. The van der Waals surface area contributed by atoms with E-state index in [1.807, 2.05) is 12.1 Å². The summed E-state index contributed by atoms with van der Waals surface area (Å²) < 4.78 is 36.1. The molecule has 0 radical (unpaired) electrons. The monoisotopic (exact) mass is 575 g/mol. The summed E-state index contributed by atoms with van der Waals surface area (Å²) in [6.07, 6.45) is -1.17. The lowest BCUT2D eigenvalue weighted by Crippen LogP contribution is -2.29. The summed E-state index contributed by atoms with van der Waals surface area (Å²) in [5.41, 5.74) is 2.47. The normalized spacial score (nSPS) is 17.7. The fourth-order valence-corrected chi connectivity index (χ4v) is 4.22. The smallest absolute Gasteiger partial charge is 0.407 e. The van der Waals surface area contributed by atoms with Crippen LogP contribution in [0.2, 0.25) is 0 Å². The van der Waals surface area contributed by atoms with Gasteiger partial charge in [0.15, 0.2) is 23.0 Å². The van der Waals surface area contributed by atoms with Crippen LogP contribution in [-0.2, 0) is 20.6 Å². The SMILES string of the molecule is COC(=O)c1c(C2OC2c2cc3c(cc2CCNC(=O)OCC(Cl)(Cl)Cl)OCO3)ccc(OC)c1OC. The van der Waals surface area contributed by atoms with Gasteiger partial charge in [-0.3, -0.25) is 0 Å². The lowest BCUT2D eigenvalue weighted by atomic mass is 9.94. The van der Waals surface area contributed by atoms with Crippen LogP contribution in [0.3, 0.4) is 0 Å². The summed E-state index contributed by atoms with van der Waals surface area (Å²) in [4.78, 5) is 24.6. The number of fused-ring (bicyclic) bond motifs is 1. The topological polar surface area (TPSA) is 114 Å².